The van der Waals surface area contributed by atoms with Crippen molar-refractivity contribution in [2.75, 3.05) is 0 Å². The Bertz CT molecular complexity index is 165. The van der Waals surface area contributed by atoms with Gasteiger partial charge >= 0.3 is 0 Å². The van der Waals surface area contributed by atoms with Crippen LogP contribution < -0.4 is 0 Å². The minimum atomic E-state index is 0. The molecule has 0 unspecified atom stereocenters. The molecule has 0 aliphatic carbocycles. The molecule has 2 radical (unpaired) electrons. The molecular weight excluding hydrogens is 144 g/mol. The molecule has 0 heterocycles. The topological polar surface area (TPSA) is 0 Å². The highest BCUT2D eigenvalue weighted by Gasteiger charge is 1.86. The van der Waals surface area contributed by atoms with Gasteiger partial charge in [0.1, 0.15) is 0 Å². The highest BCUT2D eigenvalue weighted by molar-refractivity contribution is 6.31. The average Bonchev–Trinajstić information content (AvgIpc) is 1.77. The lowest BCUT2D eigenvalue weighted by molar-refractivity contribution is 1.47. The van der Waals surface area contributed by atoms with Gasteiger partial charge in [-0.2, -0.15) is 0 Å². The molecule has 0 aliphatic rings. The van der Waals surface area contributed by atoms with Crippen LogP contribution >= 0.6 is 11.6 Å². The Labute approximate surface area is 76.4 Å². The molecule has 0 aliphatic heterocycles. The first kappa shape index (κ1) is 9.28. The Balaban J connectivity index is 0.000000640. The fourth-order valence-corrected chi connectivity index (χ4v) is 0.687. The lowest BCUT2D eigenvalue weighted by Gasteiger charge is -1.90. The van der Waals surface area contributed by atoms with E-state index in [0.29, 0.717) is 0 Å². The van der Waals surface area contributed by atoms with Crippen molar-refractivity contribution in [1.82, 2.24) is 0 Å². The first-order chi connectivity index (χ1) is 3.80. The predicted molar refractivity (Wildman–Crippen MR) is 41.9 cm³/mol. The molecule has 0 spiro atoms. The number of hydrogen-bond donors (Lipinski definition) is 0. The monoisotopic (exact) mass is 150 g/mol. The quantitative estimate of drug-likeness (QED) is 0.498. The van der Waals surface area contributed by atoms with Gasteiger partial charge in [-0.15, -0.1) is 0 Å². The second-order valence-corrected chi connectivity index (χ2v) is 2.16. The van der Waals surface area contributed by atoms with E-state index in [1.165, 1.54) is 0 Å². The predicted octanol–water partition coefficient (Wildman–Crippen LogP) is 2.27. The van der Waals surface area contributed by atoms with E-state index in [4.69, 9.17) is 11.6 Å². The molecule has 0 fully saturated rings. The van der Waals surface area contributed by atoms with Gasteiger partial charge in [0.15, 0.2) is 0 Å². The first-order valence-corrected chi connectivity index (χ1v) is 2.89. The Morgan fingerprint density at radius 1 is 1.22 bits per heavy atom. The second kappa shape index (κ2) is 4.15. The number of aryl methyl sites for hydroxylation is 1. The number of halogens is 1. The van der Waals surface area contributed by atoms with Gasteiger partial charge in [-0.3, -0.25) is 0 Å². The van der Waals surface area contributed by atoms with Crippen LogP contribution in [0, 0.1) is 6.92 Å². The summed E-state index contributed by atoms with van der Waals surface area (Å²) in [6.45, 7) is 1.99. The largest absolute Gasteiger partial charge is 0.0841 e. The molecule has 0 N–H and O–H groups in total. The van der Waals surface area contributed by atoms with Crippen LogP contribution in [-0.2, 0) is 0 Å². The zero-order valence-electron chi connectivity index (χ0n) is 5.39. The highest BCUT2D eigenvalue weighted by atomic mass is 35.5. The summed E-state index contributed by atoms with van der Waals surface area (Å²) >= 11 is 5.71. The zero-order valence-corrected chi connectivity index (χ0v) is 7.56. The maximum absolute atomic E-state index is 5.71. The van der Waals surface area contributed by atoms with Crippen LogP contribution in [-0.4, -0.2) is 23.1 Å². The fraction of sp³-hybridized carbons (Fsp3) is 0.143. The summed E-state index contributed by atoms with van der Waals surface area (Å²) in [6, 6.07) is 7.77. The van der Waals surface area contributed by atoms with E-state index >= 15 is 0 Å². The van der Waals surface area contributed by atoms with Crippen molar-refractivity contribution in [3.63, 3.8) is 0 Å². The molecule has 0 amide bonds. The van der Waals surface area contributed by atoms with Crippen LogP contribution in [0.4, 0.5) is 0 Å². The van der Waals surface area contributed by atoms with Crippen molar-refractivity contribution in [3.05, 3.63) is 34.9 Å². The van der Waals surface area contributed by atoms with Crippen molar-refractivity contribution in [3.8, 4) is 0 Å². The van der Waals surface area contributed by atoms with Crippen molar-refractivity contribution >= 4 is 34.7 Å². The lowest BCUT2D eigenvalue weighted by Crippen LogP contribution is -1.68. The van der Waals surface area contributed by atoms with E-state index in [1.807, 2.05) is 31.2 Å². The highest BCUT2D eigenvalue weighted by Crippen LogP contribution is 2.11. The van der Waals surface area contributed by atoms with Crippen molar-refractivity contribution in [1.29, 1.82) is 0 Å². The second-order valence-electron chi connectivity index (χ2n) is 1.75. The first-order valence-electron chi connectivity index (χ1n) is 2.52. The fourth-order valence-electron chi connectivity index (χ4n) is 0.551. The van der Waals surface area contributed by atoms with Gasteiger partial charge in [-0.25, -0.2) is 0 Å². The van der Waals surface area contributed by atoms with Crippen molar-refractivity contribution < 1.29 is 0 Å². The van der Waals surface area contributed by atoms with E-state index in [9.17, 15) is 0 Å². The van der Waals surface area contributed by atoms with Gasteiger partial charge in [0.05, 0.1) is 0 Å². The molecule has 0 atom stereocenters. The standard InChI is InChI=1S/C7H7Cl.Mg/c1-6-4-2-3-5-7(6)8;/h2-5H,1H3;. The molecule has 0 saturated heterocycles. The van der Waals surface area contributed by atoms with E-state index in [2.05, 4.69) is 0 Å². The lowest BCUT2D eigenvalue weighted by atomic mass is 10.2. The summed E-state index contributed by atoms with van der Waals surface area (Å²) in [6.07, 6.45) is 0. The number of hydrogen-bond acceptors (Lipinski definition) is 0. The summed E-state index contributed by atoms with van der Waals surface area (Å²) in [5, 5.41) is 0.840. The van der Waals surface area contributed by atoms with Gasteiger partial charge < -0.3 is 0 Å². The van der Waals surface area contributed by atoms with Gasteiger partial charge in [-0.1, -0.05) is 29.8 Å². The molecule has 0 nitrogen and oxygen atoms in total. The molecule has 9 heavy (non-hydrogen) atoms. The van der Waals surface area contributed by atoms with Crippen LogP contribution in [0.3, 0.4) is 0 Å². The zero-order chi connectivity index (χ0) is 5.98. The van der Waals surface area contributed by atoms with Crippen LogP contribution in [0.25, 0.3) is 0 Å². The molecule has 1 rings (SSSR count). The summed E-state index contributed by atoms with van der Waals surface area (Å²) in [7, 11) is 0. The summed E-state index contributed by atoms with van der Waals surface area (Å²) in [4.78, 5) is 0. The third kappa shape index (κ3) is 2.56. The molecule has 0 aromatic heterocycles. The van der Waals surface area contributed by atoms with E-state index in [0.717, 1.165) is 10.6 Å². The van der Waals surface area contributed by atoms with Gasteiger partial charge in [0.2, 0.25) is 0 Å². The molecular formula is C7H7ClMg. The molecule has 2 heteroatoms. The maximum Gasteiger partial charge on any atom is 0.0435 e. The Morgan fingerprint density at radius 2 is 1.78 bits per heavy atom. The number of benzene rings is 1. The SMILES string of the molecule is Cc1ccccc1Cl.[Mg]. The maximum atomic E-state index is 5.71. The normalized spacial score (nSPS) is 8.22. The number of rotatable bonds is 0. The average molecular weight is 151 g/mol. The van der Waals surface area contributed by atoms with E-state index in [1.54, 1.807) is 0 Å². The molecule has 0 saturated carbocycles. The smallest absolute Gasteiger partial charge is 0.0435 e. The van der Waals surface area contributed by atoms with Crippen molar-refractivity contribution in [2.24, 2.45) is 0 Å². The molecule has 1 aromatic rings. The third-order valence-electron chi connectivity index (χ3n) is 1.08. The van der Waals surface area contributed by atoms with Gasteiger partial charge in [-0.05, 0) is 18.6 Å². The van der Waals surface area contributed by atoms with Gasteiger partial charge in [0.25, 0.3) is 0 Å². The van der Waals surface area contributed by atoms with Crippen molar-refractivity contribution in [2.45, 2.75) is 6.92 Å². The third-order valence-corrected chi connectivity index (χ3v) is 1.50. The minimum absolute atomic E-state index is 0. The van der Waals surface area contributed by atoms with E-state index < -0.39 is 0 Å². The molecule has 0 bridgehead atoms. The Kier molecular flexibility index (Phi) is 4.28. The summed E-state index contributed by atoms with van der Waals surface area (Å²) < 4.78 is 0. The van der Waals surface area contributed by atoms with E-state index in [-0.39, 0.29) is 23.1 Å². The van der Waals surface area contributed by atoms with Gasteiger partial charge in [0, 0.05) is 28.1 Å². The van der Waals surface area contributed by atoms with Crippen LogP contribution in [0.15, 0.2) is 24.3 Å². The van der Waals surface area contributed by atoms with Crippen LogP contribution in [0.5, 0.6) is 0 Å². The Morgan fingerprint density at radius 3 is 2.11 bits per heavy atom. The van der Waals surface area contributed by atoms with Crippen LogP contribution in [0.1, 0.15) is 5.56 Å². The van der Waals surface area contributed by atoms with Crippen LogP contribution in [0.2, 0.25) is 5.02 Å². The molecule has 44 valence electrons. The summed E-state index contributed by atoms with van der Waals surface area (Å²) in [5.41, 5.74) is 1.13. The molecule has 1 aromatic carbocycles. The minimum Gasteiger partial charge on any atom is -0.0841 e. The Hall–Kier alpha value is 0.276. The summed E-state index contributed by atoms with van der Waals surface area (Å²) in [5.74, 6) is 0.